The Balaban J connectivity index is 1.52. The number of halogens is 1. The standard InChI is InChI=1S/C21H30ClN3O2/c22-19-12-11-17(23-14-20(26)24-15-7-3-1-4-8-15)13-18(19)21(27)25-16-9-5-2-6-10-16/h11-13,15-16,23H,1-10,14H2,(H,24,26)(H,25,27). The lowest BCUT2D eigenvalue weighted by Gasteiger charge is -2.23. The predicted octanol–water partition coefficient (Wildman–Crippen LogP) is 4.26. The number of hydrogen-bond acceptors (Lipinski definition) is 3. The Labute approximate surface area is 166 Å². The summed E-state index contributed by atoms with van der Waals surface area (Å²) in [6.45, 7) is 0.196. The van der Waals surface area contributed by atoms with Gasteiger partial charge in [0, 0.05) is 17.8 Å². The van der Waals surface area contributed by atoms with Gasteiger partial charge in [-0.05, 0) is 43.9 Å². The molecule has 2 amide bonds. The number of benzene rings is 1. The van der Waals surface area contributed by atoms with Gasteiger partial charge in [0.15, 0.2) is 0 Å². The fourth-order valence-electron chi connectivity index (χ4n) is 4.03. The zero-order valence-corrected chi connectivity index (χ0v) is 16.6. The minimum atomic E-state index is -0.137. The molecule has 0 spiro atoms. The molecule has 5 nitrogen and oxygen atoms in total. The van der Waals surface area contributed by atoms with E-state index in [-0.39, 0.29) is 24.4 Å². The van der Waals surface area contributed by atoms with E-state index in [0.717, 1.165) is 44.2 Å². The molecule has 3 N–H and O–H groups in total. The summed E-state index contributed by atoms with van der Waals surface area (Å²) >= 11 is 6.23. The fraction of sp³-hybridized carbons (Fsp3) is 0.619. The van der Waals surface area contributed by atoms with Crippen molar-refractivity contribution in [2.24, 2.45) is 0 Å². The van der Waals surface area contributed by atoms with E-state index >= 15 is 0 Å². The molecule has 27 heavy (non-hydrogen) atoms. The minimum Gasteiger partial charge on any atom is -0.376 e. The molecule has 3 rings (SSSR count). The van der Waals surface area contributed by atoms with Crippen LogP contribution in [-0.4, -0.2) is 30.4 Å². The average Bonchev–Trinajstić information content (AvgIpc) is 2.69. The van der Waals surface area contributed by atoms with Crippen LogP contribution in [0.3, 0.4) is 0 Å². The number of anilines is 1. The highest BCUT2D eigenvalue weighted by Gasteiger charge is 2.19. The van der Waals surface area contributed by atoms with Crippen molar-refractivity contribution in [1.82, 2.24) is 10.6 Å². The predicted molar refractivity (Wildman–Crippen MR) is 109 cm³/mol. The molecule has 2 aliphatic carbocycles. The first-order valence-electron chi connectivity index (χ1n) is 10.3. The lowest BCUT2D eigenvalue weighted by Crippen LogP contribution is -2.39. The second-order valence-corrected chi connectivity index (χ2v) is 8.17. The minimum absolute atomic E-state index is 0.00921. The van der Waals surface area contributed by atoms with Crippen molar-refractivity contribution in [3.63, 3.8) is 0 Å². The molecule has 0 radical (unpaired) electrons. The van der Waals surface area contributed by atoms with Crippen LogP contribution in [0.1, 0.15) is 74.6 Å². The van der Waals surface area contributed by atoms with Crippen LogP contribution in [0.4, 0.5) is 5.69 Å². The van der Waals surface area contributed by atoms with Crippen molar-refractivity contribution < 1.29 is 9.59 Å². The number of hydrogen-bond donors (Lipinski definition) is 3. The molecule has 2 aliphatic rings. The molecule has 148 valence electrons. The number of rotatable bonds is 6. The van der Waals surface area contributed by atoms with Crippen molar-refractivity contribution >= 4 is 29.1 Å². The highest BCUT2D eigenvalue weighted by molar-refractivity contribution is 6.34. The third kappa shape index (κ3) is 6.13. The summed E-state index contributed by atoms with van der Waals surface area (Å²) in [5.74, 6) is -0.146. The van der Waals surface area contributed by atoms with E-state index in [4.69, 9.17) is 11.6 Å². The molecule has 2 fully saturated rings. The molecule has 0 atom stereocenters. The van der Waals surface area contributed by atoms with Gasteiger partial charge >= 0.3 is 0 Å². The first-order valence-corrected chi connectivity index (χ1v) is 10.6. The number of carbonyl (C=O) groups excluding carboxylic acids is 2. The number of amides is 2. The van der Waals surface area contributed by atoms with Crippen LogP contribution in [0.2, 0.25) is 5.02 Å². The van der Waals surface area contributed by atoms with Gasteiger partial charge in [0.1, 0.15) is 0 Å². The molecule has 0 aliphatic heterocycles. The van der Waals surface area contributed by atoms with Crippen molar-refractivity contribution in [3.8, 4) is 0 Å². The monoisotopic (exact) mass is 391 g/mol. The van der Waals surface area contributed by atoms with Crippen LogP contribution in [0.5, 0.6) is 0 Å². The Morgan fingerprint density at radius 3 is 2.11 bits per heavy atom. The molecule has 0 unspecified atom stereocenters. The Kier molecular flexibility index (Phi) is 7.39. The number of carbonyl (C=O) groups is 2. The normalized spacial score (nSPS) is 18.7. The third-order valence-corrected chi connectivity index (χ3v) is 5.90. The first kappa shape index (κ1) is 20.0. The van der Waals surface area contributed by atoms with Crippen molar-refractivity contribution in [3.05, 3.63) is 28.8 Å². The van der Waals surface area contributed by atoms with Gasteiger partial charge in [-0.25, -0.2) is 0 Å². The molecular formula is C21H30ClN3O2. The molecule has 0 saturated heterocycles. The maximum atomic E-state index is 12.6. The molecule has 1 aromatic carbocycles. The van der Waals surface area contributed by atoms with Crippen LogP contribution >= 0.6 is 11.6 Å². The summed E-state index contributed by atoms with van der Waals surface area (Å²) in [5, 5.41) is 9.72. The van der Waals surface area contributed by atoms with E-state index in [1.807, 2.05) is 0 Å². The molecule has 6 heteroatoms. The molecule has 0 aromatic heterocycles. The van der Waals surface area contributed by atoms with Crippen LogP contribution < -0.4 is 16.0 Å². The van der Waals surface area contributed by atoms with Crippen LogP contribution in [0.25, 0.3) is 0 Å². The van der Waals surface area contributed by atoms with Gasteiger partial charge in [-0.3, -0.25) is 9.59 Å². The number of nitrogens with one attached hydrogen (secondary N) is 3. The lowest BCUT2D eigenvalue weighted by atomic mass is 9.95. The van der Waals surface area contributed by atoms with Crippen LogP contribution in [0, 0.1) is 0 Å². The van der Waals surface area contributed by atoms with Gasteiger partial charge < -0.3 is 16.0 Å². The van der Waals surface area contributed by atoms with Crippen LogP contribution in [0.15, 0.2) is 18.2 Å². The topological polar surface area (TPSA) is 70.2 Å². The van der Waals surface area contributed by atoms with Gasteiger partial charge in [0.2, 0.25) is 5.91 Å². The Morgan fingerprint density at radius 1 is 0.889 bits per heavy atom. The fourth-order valence-corrected chi connectivity index (χ4v) is 4.23. The van der Waals surface area contributed by atoms with Gasteiger partial charge in [-0.15, -0.1) is 0 Å². The van der Waals surface area contributed by atoms with E-state index in [1.54, 1.807) is 18.2 Å². The van der Waals surface area contributed by atoms with E-state index in [0.29, 0.717) is 16.6 Å². The zero-order valence-electron chi connectivity index (χ0n) is 15.9. The SMILES string of the molecule is O=C(CNc1ccc(Cl)c(C(=O)NC2CCCCC2)c1)NC1CCCCC1. The van der Waals surface area contributed by atoms with E-state index in [1.165, 1.54) is 25.7 Å². The van der Waals surface area contributed by atoms with E-state index in [2.05, 4.69) is 16.0 Å². The van der Waals surface area contributed by atoms with E-state index in [9.17, 15) is 9.59 Å². The average molecular weight is 392 g/mol. The largest absolute Gasteiger partial charge is 0.376 e. The second-order valence-electron chi connectivity index (χ2n) is 7.76. The first-order chi connectivity index (χ1) is 13.1. The highest BCUT2D eigenvalue weighted by Crippen LogP contribution is 2.23. The van der Waals surface area contributed by atoms with Crippen LogP contribution in [-0.2, 0) is 4.79 Å². The van der Waals surface area contributed by atoms with Gasteiger partial charge in [0.25, 0.3) is 5.91 Å². The van der Waals surface area contributed by atoms with Crippen molar-refractivity contribution in [1.29, 1.82) is 0 Å². The summed E-state index contributed by atoms with van der Waals surface area (Å²) in [7, 11) is 0. The Morgan fingerprint density at radius 2 is 1.48 bits per heavy atom. The van der Waals surface area contributed by atoms with Gasteiger partial charge in [-0.1, -0.05) is 50.1 Å². The summed E-state index contributed by atoms with van der Waals surface area (Å²) < 4.78 is 0. The van der Waals surface area contributed by atoms with Gasteiger partial charge in [0.05, 0.1) is 17.1 Å². The summed E-state index contributed by atoms with van der Waals surface area (Å²) in [6, 6.07) is 5.77. The molecule has 1 aromatic rings. The van der Waals surface area contributed by atoms with Crippen molar-refractivity contribution in [2.75, 3.05) is 11.9 Å². The Bertz CT molecular complexity index is 653. The molecule has 2 saturated carbocycles. The third-order valence-electron chi connectivity index (χ3n) is 5.57. The molecular weight excluding hydrogens is 362 g/mol. The second kappa shape index (κ2) is 9.98. The van der Waals surface area contributed by atoms with E-state index < -0.39 is 0 Å². The smallest absolute Gasteiger partial charge is 0.253 e. The Hall–Kier alpha value is -1.75. The quantitative estimate of drug-likeness (QED) is 0.678. The van der Waals surface area contributed by atoms with Gasteiger partial charge in [-0.2, -0.15) is 0 Å². The lowest BCUT2D eigenvalue weighted by molar-refractivity contribution is -0.120. The summed E-state index contributed by atoms with van der Waals surface area (Å²) in [5.41, 5.74) is 1.19. The maximum absolute atomic E-state index is 12.6. The summed E-state index contributed by atoms with van der Waals surface area (Å²) in [6.07, 6.45) is 11.4. The van der Waals surface area contributed by atoms with Crippen molar-refractivity contribution in [2.45, 2.75) is 76.3 Å². The maximum Gasteiger partial charge on any atom is 0.253 e. The summed E-state index contributed by atoms with van der Waals surface area (Å²) in [4.78, 5) is 24.7. The highest BCUT2D eigenvalue weighted by atomic mass is 35.5. The molecule has 0 bridgehead atoms. The zero-order chi connectivity index (χ0) is 19.1. The molecule has 0 heterocycles.